The van der Waals surface area contributed by atoms with Gasteiger partial charge in [-0.05, 0) is 31.0 Å². The molecule has 1 saturated carbocycles. The van der Waals surface area contributed by atoms with Crippen LogP contribution in [-0.4, -0.2) is 54.1 Å². The van der Waals surface area contributed by atoms with E-state index in [-0.39, 0.29) is 36.1 Å². The lowest BCUT2D eigenvalue weighted by atomic mass is 9.82. The van der Waals surface area contributed by atoms with Crippen molar-refractivity contribution in [3.05, 3.63) is 51.6 Å². The summed E-state index contributed by atoms with van der Waals surface area (Å²) < 4.78 is 52.9. The van der Waals surface area contributed by atoms with Crippen molar-refractivity contribution in [1.29, 1.82) is 0 Å². The number of rotatable bonds is 10. The standard InChI is InChI=1S/C25H26ClNO9S/c1-32-22-11-17(21-12-19(28)16-5-4-6-18(26)24(16)36-21)20(13-23(22)33-2)35-8-7-34-15-9-14(10-15)25(29)27-37(3,30)31/h4-6,11-15H,7-10H2,1-3H3,(H,27,29). The Morgan fingerprint density at radius 1 is 1.08 bits per heavy atom. The number of amides is 1. The normalized spacial score (nSPS) is 17.2. The van der Waals surface area contributed by atoms with Gasteiger partial charge < -0.3 is 23.4 Å². The Morgan fingerprint density at radius 3 is 2.46 bits per heavy atom. The average Bonchev–Trinajstić information content (AvgIpc) is 2.81. The zero-order valence-electron chi connectivity index (χ0n) is 20.4. The van der Waals surface area contributed by atoms with Crippen LogP contribution >= 0.6 is 11.6 Å². The van der Waals surface area contributed by atoms with Crippen LogP contribution in [0, 0.1) is 5.92 Å². The second kappa shape index (κ2) is 11.0. The number of methoxy groups -OCH3 is 2. The summed E-state index contributed by atoms with van der Waals surface area (Å²) in [4.78, 5) is 24.6. The van der Waals surface area contributed by atoms with Crippen molar-refractivity contribution >= 4 is 38.5 Å². The molecule has 37 heavy (non-hydrogen) atoms. The van der Waals surface area contributed by atoms with E-state index in [9.17, 15) is 18.0 Å². The van der Waals surface area contributed by atoms with Gasteiger partial charge >= 0.3 is 0 Å². The van der Waals surface area contributed by atoms with Gasteiger partial charge in [0.15, 0.2) is 22.5 Å². The van der Waals surface area contributed by atoms with E-state index in [1.54, 1.807) is 30.3 Å². The van der Waals surface area contributed by atoms with Gasteiger partial charge in [-0.25, -0.2) is 8.42 Å². The van der Waals surface area contributed by atoms with Crippen molar-refractivity contribution in [2.45, 2.75) is 18.9 Å². The molecule has 4 rings (SSSR count). The third-order valence-corrected chi connectivity index (χ3v) is 6.77. The second-order valence-corrected chi connectivity index (χ2v) is 10.7. The molecule has 10 nitrogen and oxygen atoms in total. The molecule has 3 aromatic rings. The largest absolute Gasteiger partial charge is 0.493 e. The molecule has 0 bridgehead atoms. The molecule has 1 heterocycles. The van der Waals surface area contributed by atoms with Gasteiger partial charge in [-0.3, -0.25) is 14.3 Å². The first-order chi connectivity index (χ1) is 17.6. The Morgan fingerprint density at radius 2 is 1.78 bits per heavy atom. The topological polar surface area (TPSA) is 130 Å². The summed E-state index contributed by atoms with van der Waals surface area (Å²) in [7, 11) is -0.598. The first-order valence-corrected chi connectivity index (χ1v) is 13.6. The molecule has 0 aliphatic heterocycles. The maximum atomic E-state index is 12.7. The smallest absolute Gasteiger partial charge is 0.236 e. The molecule has 0 atom stereocenters. The molecule has 0 spiro atoms. The third kappa shape index (κ3) is 6.17. The number of carbonyl (C=O) groups excluding carboxylic acids is 1. The van der Waals surface area contributed by atoms with Crippen LogP contribution in [0.5, 0.6) is 17.2 Å². The lowest BCUT2D eigenvalue weighted by Crippen LogP contribution is -2.44. The van der Waals surface area contributed by atoms with Gasteiger partial charge in [0.05, 0.1) is 49.2 Å². The van der Waals surface area contributed by atoms with Crippen LogP contribution < -0.4 is 24.4 Å². The molecule has 198 valence electrons. The fourth-order valence-electron chi connectivity index (χ4n) is 4.00. The molecule has 12 heteroatoms. The van der Waals surface area contributed by atoms with Crippen molar-refractivity contribution < 1.29 is 36.6 Å². The number of halogens is 1. The third-order valence-electron chi connectivity index (χ3n) is 5.90. The Hall–Kier alpha value is -3.28. The number of sulfonamides is 1. The molecule has 0 radical (unpaired) electrons. The van der Waals surface area contributed by atoms with Gasteiger partial charge in [-0.15, -0.1) is 0 Å². The van der Waals surface area contributed by atoms with Gasteiger partial charge in [0.25, 0.3) is 0 Å². The van der Waals surface area contributed by atoms with E-state index < -0.39 is 21.8 Å². The number of ether oxygens (including phenoxy) is 4. The van der Waals surface area contributed by atoms with Crippen molar-refractivity contribution in [1.82, 2.24) is 4.72 Å². The second-order valence-electron chi connectivity index (χ2n) is 8.54. The minimum Gasteiger partial charge on any atom is -0.493 e. The zero-order chi connectivity index (χ0) is 26.7. The highest BCUT2D eigenvalue weighted by Crippen LogP contribution is 2.41. The van der Waals surface area contributed by atoms with Crippen LogP contribution in [0.4, 0.5) is 0 Å². The fourth-order valence-corrected chi connectivity index (χ4v) is 4.74. The number of carbonyl (C=O) groups is 1. The van der Waals surface area contributed by atoms with Gasteiger partial charge in [0.2, 0.25) is 15.9 Å². The molecule has 1 amide bonds. The van der Waals surface area contributed by atoms with Crippen LogP contribution in [0.25, 0.3) is 22.3 Å². The number of hydrogen-bond donors (Lipinski definition) is 1. The molecule has 0 saturated heterocycles. The maximum Gasteiger partial charge on any atom is 0.236 e. The first kappa shape index (κ1) is 26.8. The average molecular weight is 552 g/mol. The Bertz CT molecular complexity index is 1480. The summed E-state index contributed by atoms with van der Waals surface area (Å²) in [6, 6.07) is 9.58. The molecule has 1 aliphatic rings. The summed E-state index contributed by atoms with van der Waals surface area (Å²) in [5.41, 5.74) is 0.454. The van der Waals surface area contributed by atoms with Crippen LogP contribution in [0.2, 0.25) is 5.02 Å². The Labute approximate surface area is 218 Å². The predicted octanol–water partition coefficient (Wildman–Crippen LogP) is 3.38. The molecule has 2 aromatic carbocycles. The highest BCUT2D eigenvalue weighted by molar-refractivity contribution is 7.89. The van der Waals surface area contributed by atoms with Crippen molar-refractivity contribution in [2.24, 2.45) is 5.92 Å². The van der Waals surface area contributed by atoms with Crippen LogP contribution in [0.1, 0.15) is 12.8 Å². The molecular formula is C25H26ClNO9S. The zero-order valence-corrected chi connectivity index (χ0v) is 22.0. The first-order valence-electron chi connectivity index (χ1n) is 11.3. The summed E-state index contributed by atoms with van der Waals surface area (Å²) in [6.07, 6.45) is 1.61. The van der Waals surface area contributed by atoms with E-state index >= 15 is 0 Å². The van der Waals surface area contributed by atoms with E-state index in [0.29, 0.717) is 46.1 Å². The molecule has 1 N–H and O–H groups in total. The van der Waals surface area contributed by atoms with E-state index in [2.05, 4.69) is 0 Å². The van der Waals surface area contributed by atoms with Gasteiger partial charge in [-0.1, -0.05) is 17.7 Å². The number of nitrogens with one attached hydrogen (secondary N) is 1. The number of para-hydroxylation sites is 1. The highest BCUT2D eigenvalue weighted by atomic mass is 35.5. The van der Waals surface area contributed by atoms with Gasteiger partial charge in [0.1, 0.15) is 18.1 Å². The van der Waals surface area contributed by atoms with Gasteiger partial charge in [-0.2, -0.15) is 0 Å². The molecule has 1 aromatic heterocycles. The predicted molar refractivity (Wildman–Crippen MR) is 137 cm³/mol. The molecular weight excluding hydrogens is 526 g/mol. The van der Waals surface area contributed by atoms with Crippen molar-refractivity contribution in [3.63, 3.8) is 0 Å². The fraction of sp³-hybridized carbons (Fsp3) is 0.360. The quantitative estimate of drug-likeness (QED) is 0.377. The van der Waals surface area contributed by atoms with Crippen LogP contribution in [0.3, 0.4) is 0 Å². The molecule has 1 aliphatic carbocycles. The van der Waals surface area contributed by atoms with Gasteiger partial charge in [0, 0.05) is 18.1 Å². The summed E-state index contributed by atoms with van der Waals surface area (Å²) in [5.74, 6) is 0.514. The van der Waals surface area contributed by atoms with E-state index in [1.807, 2.05) is 4.72 Å². The van der Waals surface area contributed by atoms with E-state index in [4.69, 9.17) is 35.0 Å². The number of benzene rings is 2. The Balaban J connectivity index is 1.48. The SMILES string of the molecule is COc1cc(OCCOC2CC(C(=O)NS(C)(=O)=O)C2)c(-c2cc(=O)c3cccc(Cl)c3o2)cc1OC. The maximum absolute atomic E-state index is 12.7. The number of fused-ring (bicyclic) bond motifs is 1. The minimum absolute atomic E-state index is 0.151. The molecule has 1 fully saturated rings. The monoisotopic (exact) mass is 551 g/mol. The number of hydrogen-bond acceptors (Lipinski definition) is 9. The summed E-state index contributed by atoms with van der Waals surface area (Å²) in [6.45, 7) is 0.365. The lowest BCUT2D eigenvalue weighted by Gasteiger charge is -2.33. The van der Waals surface area contributed by atoms with Crippen molar-refractivity contribution in [2.75, 3.05) is 33.7 Å². The van der Waals surface area contributed by atoms with Crippen LogP contribution in [-0.2, 0) is 19.6 Å². The van der Waals surface area contributed by atoms with E-state index in [1.165, 1.54) is 20.3 Å². The van der Waals surface area contributed by atoms with Crippen molar-refractivity contribution in [3.8, 4) is 28.6 Å². The summed E-state index contributed by atoms with van der Waals surface area (Å²) in [5, 5.41) is 0.661. The lowest BCUT2D eigenvalue weighted by molar-refractivity contribution is -0.132. The summed E-state index contributed by atoms with van der Waals surface area (Å²) >= 11 is 6.27. The molecule has 0 unspecified atom stereocenters. The van der Waals surface area contributed by atoms with E-state index in [0.717, 1.165) is 6.26 Å². The van der Waals surface area contributed by atoms with Crippen LogP contribution in [0.15, 0.2) is 45.6 Å². The Kier molecular flexibility index (Phi) is 7.96. The highest BCUT2D eigenvalue weighted by Gasteiger charge is 2.36. The minimum atomic E-state index is -3.58.